The lowest BCUT2D eigenvalue weighted by Crippen LogP contribution is -2.40. The molecule has 1 aromatic rings. The predicted molar refractivity (Wildman–Crippen MR) is 75.9 cm³/mol. The Labute approximate surface area is 118 Å². The van der Waals surface area contributed by atoms with Gasteiger partial charge in [0, 0.05) is 5.56 Å². The van der Waals surface area contributed by atoms with E-state index < -0.39 is 17.9 Å². The average molecular weight is 277 g/mol. The lowest BCUT2D eigenvalue weighted by Gasteiger charge is -2.14. The third-order valence-corrected chi connectivity index (χ3v) is 2.67. The zero-order chi connectivity index (χ0) is 15.0. The number of hydrogen-bond donors (Lipinski definition) is 2. The molecule has 108 valence electrons. The molecule has 2 N–H and O–H groups in total. The van der Waals surface area contributed by atoms with Crippen LogP contribution >= 0.6 is 0 Å². The van der Waals surface area contributed by atoms with Crippen LogP contribution < -0.4 is 10.1 Å². The van der Waals surface area contributed by atoms with Gasteiger partial charge in [-0.05, 0) is 38.0 Å². The van der Waals surface area contributed by atoms with Crippen molar-refractivity contribution in [2.45, 2.75) is 25.8 Å². The monoisotopic (exact) mass is 277 g/mol. The van der Waals surface area contributed by atoms with Gasteiger partial charge >= 0.3 is 5.97 Å². The molecule has 5 heteroatoms. The number of carboxylic acid groups (broad SMARTS) is 1. The van der Waals surface area contributed by atoms with E-state index in [1.807, 2.05) is 6.92 Å². The average Bonchev–Trinajstić information content (AvgIpc) is 2.43. The lowest BCUT2D eigenvalue weighted by atomic mass is 10.1. The van der Waals surface area contributed by atoms with Crippen LogP contribution in [0, 0.1) is 0 Å². The first-order valence-corrected chi connectivity index (χ1v) is 6.46. The van der Waals surface area contributed by atoms with Crippen LogP contribution in [0.25, 0.3) is 0 Å². The number of aliphatic carboxylic acids is 1. The predicted octanol–water partition coefficient (Wildman–Crippen LogP) is 2.23. The van der Waals surface area contributed by atoms with Crippen LogP contribution in [0.3, 0.4) is 0 Å². The summed E-state index contributed by atoms with van der Waals surface area (Å²) < 4.78 is 5.30. The second-order valence-corrected chi connectivity index (χ2v) is 4.19. The number of carbonyl (C=O) groups is 2. The van der Waals surface area contributed by atoms with E-state index in [0.29, 0.717) is 30.8 Å². The van der Waals surface area contributed by atoms with Gasteiger partial charge in [-0.1, -0.05) is 12.1 Å². The zero-order valence-corrected chi connectivity index (χ0v) is 11.5. The number of amides is 1. The molecule has 0 spiro atoms. The van der Waals surface area contributed by atoms with E-state index in [4.69, 9.17) is 9.84 Å². The second-order valence-electron chi connectivity index (χ2n) is 4.19. The summed E-state index contributed by atoms with van der Waals surface area (Å²) >= 11 is 0. The maximum atomic E-state index is 12.0. The number of carboxylic acids is 1. The molecule has 0 bridgehead atoms. The topological polar surface area (TPSA) is 75.6 Å². The van der Waals surface area contributed by atoms with Gasteiger partial charge in [-0.25, -0.2) is 4.79 Å². The van der Waals surface area contributed by atoms with Gasteiger partial charge in [-0.3, -0.25) is 4.79 Å². The highest BCUT2D eigenvalue weighted by molar-refractivity contribution is 5.96. The van der Waals surface area contributed by atoms with Crippen LogP contribution in [-0.4, -0.2) is 29.6 Å². The van der Waals surface area contributed by atoms with Crippen LogP contribution in [-0.2, 0) is 4.79 Å². The zero-order valence-electron chi connectivity index (χ0n) is 11.5. The highest BCUT2D eigenvalue weighted by atomic mass is 16.5. The van der Waals surface area contributed by atoms with Crippen molar-refractivity contribution in [2.24, 2.45) is 0 Å². The van der Waals surface area contributed by atoms with Gasteiger partial charge in [-0.2, -0.15) is 0 Å². The molecular weight excluding hydrogens is 258 g/mol. The van der Waals surface area contributed by atoms with Crippen molar-refractivity contribution < 1.29 is 19.4 Å². The summed E-state index contributed by atoms with van der Waals surface area (Å²) in [4.78, 5) is 23.1. The van der Waals surface area contributed by atoms with E-state index >= 15 is 0 Å². The van der Waals surface area contributed by atoms with Crippen LogP contribution in [0.5, 0.6) is 5.75 Å². The third-order valence-electron chi connectivity index (χ3n) is 2.67. The van der Waals surface area contributed by atoms with E-state index in [-0.39, 0.29) is 0 Å². The van der Waals surface area contributed by atoms with Crippen LogP contribution in [0.15, 0.2) is 36.9 Å². The highest BCUT2D eigenvalue weighted by Crippen LogP contribution is 2.13. The first-order valence-electron chi connectivity index (χ1n) is 6.46. The fourth-order valence-corrected chi connectivity index (χ4v) is 1.68. The number of hydrogen-bond acceptors (Lipinski definition) is 3. The maximum Gasteiger partial charge on any atom is 0.326 e. The Morgan fingerprint density at radius 3 is 2.85 bits per heavy atom. The molecule has 20 heavy (non-hydrogen) atoms. The van der Waals surface area contributed by atoms with Crippen molar-refractivity contribution in [3.63, 3.8) is 0 Å². The fraction of sp³-hybridized carbons (Fsp3) is 0.333. The lowest BCUT2D eigenvalue weighted by molar-refractivity contribution is -0.139. The van der Waals surface area contributed by atoms with Crippen LogP contribution in [0.2, 0.25) is 0 Å². The molecule has 0 aliphatic rings. The van der Waals surface area contributed by atoms with Crippen LogP contribution in [0.1, 0.15) is 30.1 Å². The SMILES string of the molecule is C=CCCC(NC(=O)c1cccc(OCC)c1)C(=O)O. The molecule has 1 unspecified atom stereocenters. The van der Waals surface area contributed by atoms with E-state index in [2.05, 4.69) is 11.9 Å². The standard InChI is InChI=1S/C15H19NO4/c1-3-5-9-13(15(18)19)16-14(17)11-7-6-8-12(10-11)20-4-2/h3,6-8,10,13H,1,4-5,9H2,2H3,(H,16,17)(H,18,19). The van der Waals surface area contributed by atoms with E-state index in [0.717, 1.165) is 0 Å². The molecule has 0 aromatic heterocycles. The number of benzene rings is 1. The minimum absolute atomic E-state index is 0.315. The molecule has 0 radical (unpaired) electrons. The summed E-state index contributed by atoms with van der Waals surface area (Å²) in [6.07, 6.45) is 2.46. The Balaban J connectivity index is 2.75. The summed E-state index contributed by atoms with van der Waals surface area (Å²) in [6, 6.07) is 5.72. The van der Waals surface area contributed by atoms with Gasteiger partial charge in [0.05, 0.1) is 6.61 Å². The molecule has 0 saturated heterocycles. The minimum atomic E-state index is -1.05. The van der Waals surface area contributed by atoms with Gasteiger partial charge in [-0.15, -0.1) is 6.58 Å². The largest absolute Gasteiger partial charge is 0.494 e. The van der Waals surface area contributed by atoms with Crippen LogP contribution in [0.4, 0.5) is 0 Å². The maximum absolute atomic E-state index is 12.0. The third kappa shape index (κ3) is 4.76. The van der Waals surface area contributed by atoms with Gasteiger partial charge in [0.2, 0.25) is 0 Å². The summed E-state index contributed by atoms with van der Waals surface area (Å²) in [5.74, 6) is -0.901. The molecule has 1 atom stereocenters. The van der Waals surface area contributed by atoms with Crippen molar-refractivity contribution in [1.29, 1.82) is 0 Å². The van der Waals surface area contributed by atoms with Crippen molar-refractivity contribution in [1.82, 2.24) is 5.32 Å². The second kappa shape index (κ2) is 7.99. The summed E-state index contributed by atoms with van der Waals surface area (Å²) in [5, 5.41) is 11.6. The first-order chi connectivity index (χ1) is 9.58. The van der Waals surface area contributed by atoms with Gasteiger partial charge in [0.1, 0.15) is 11.8 Å². The van der Waals surface area contributed by atoms with E-state index in [9.17, 15) is 9.59 Å². The van der Waals surface area contributed by atoms with Crippen molar-refractivity contribution in [3.05, 3.63) is 42.5 Å². The van der Waals surface area contributed by atoms with Crippen molar-refractivity contribution >= 4 is 11.9 Å². The highest BCUT2D eigenvalue weighted by Gasteiger charge is 2.19. The molecule has 0 saturated carbocycles. The van der Waals surface area contributed by atoms with Crippen molar-refractivity contribution in [3.8, 4) is 5.75 Å². The van der Waals surface area contributed by atoms with E-state index in [1.54, 1.807) is 30.3 Å². The molecule has 0 aliphatic heterocycles. The normalized spacial score (nSPS) is 11.4. The molecule has 5 nitrogen and oxygen atoms in total. The Kier molecular flexibility index (Phi) is 6.29. The molecule has 0 heterocycles. The Morgan fingerprint density at radius 2 is 2.25 bits per heavy atom. The molecule has 0 aliphatic carbocycles. The molecule has 1 aromatic carbocycles. The number of carbonyl (C=O) groups excluding carboxylic acids is 1. The van der Waals surface area contributed by atoms with Crippen molar-refractivity contribution in [2.75, 3.05) is 6.61 Å². The van der Waals surface area contributed by atoms with Gasteiger partial charge in [0.25, 0.3) is 5.91 Å². The molecular formula is C15H19NO4. The quantitative estimate of drug-likeness (QED) is 0.714. The summed E-state index contributed by atoms with van der Waals surface area (Å²) in [5.41, 5.74) is 0.376. The smallest absolute Gasteiger partial charge is 0.326 e. The summed E-state index contributed by atoms with van der Waals surface area (Å²) in [6.45, 7) is 5.89. The Hall–Kier alpha value is -2.30. The Bertz CT molecular complexity index is 485. The molecule has 1 amide bonds. The van der Waals surface area contributed by atoms with Gasteiger partial charge in [0.15, 0.2) is 0 Å². The number of ether oxygens (including phenoxy) is 1. The fourth-order valence-electron chi connectivity index (χ4n) is 1.68. The van der Waals surface area contributed by atoms with Gasteiger partial charge < -0.3 is 15.2 Å². The summed E-state index contributed by atoms with van der Waals surface area (Å²) in [7, 11) is 0. The number of allylic oxidation sites excluding steroid dienone is 1. The van der Waals surface area contributed by atoms with E-state index in [1.165, 1.54) is 0 Å². The number of nitrogens with one attached hydrogen (secondary N) is 1. The molecule has 0 fully saturated rings. The minimum Gasteiger partial charge on any atom is -0.494 e. The Morgan fingerprint density at radius 1 is 1.50 bits per heavy atom. The first kappa shape index (κ1) is 15.8. The molecule has 1 rings (SSSR count). The number of rotatable bonds is 8.